The minimum atomic E-state index is -0.211. The maximum atomic E-state index is 12.8. The average Bonchev–Trinajstić information content (AvgIpc) is 2.95. The molecule has 1 aliphatic rings. The molecule has 1 amide bonds. The minimum Gasteiger partial charge on any atom is -0.494 e. The zero-order chi connectivity index (χ0) is 19.2. The number of thiocarbonyl (C=S) groups is 1. The van der Waals surface area contributed by atoms with Crippen molar-refractivity contribution in [2.75, 3.05) is 18.1 Å². The number of hydrogen-bond donors (Lipinski definition) is 1. The lowest BCUT2D eigenvalue weighted by Crippen LogP contribution is -2.30. The van der Waals surface area contributed by atoms with Crippen molar-refractivity contribution in [3.05, 3.63) is 59.8 Å². The van der Waals surface area contributed by atoms with Gasteiger partial charge in [0.25, 0.3) is 5.91 Å². The van der Waals surface area contributed by atoms with E-state index in [1.54, 1.807) is 30.3 Å². The number of nitrogens with zero attached hydrogens (tertiary/aromatic N) is 1. The number of terminal acetylenes is 1. The number of carbonyl (C=O) groups is 1. The Morgan fingerprint density at radius 1 is 1.11 bits per heavy atom. The number of rotatable bonds is 6. The molecule has 1 saturated heterocycles. The first kappa shape index (κ1) is 18.5. The van der Waals surface area contributed by atoms with E-state index in [0.717, 1.165) is 11.3 Å². The molecule has 2 aromatic carbocycles. The van der Waals surface area contributed by atoms with E-state index >= 15 is 0 Å². The highest BCUT2D eigenvalue weighted by Gasteiger charge is 2.31. The van der Waals surface area contributed by atoms with Gasteiger partial charge in [-0.3, -0.25) is 9.69 Å². The van der Waals surface area contributed by atoms with E-state index < -0.39 is 0 Å². The standard InChI is InChI=1S/C21H18N2O3S/c1-3-13-26-18-9-5-15(6-10-18)14-19-20(24)23(21(27)22-19)16-7-11-17(12-8-16)25-4-2/h1,5-12,14H,4,13H2,2H3,(H,22,27). The monoisotopic (exact) mass is 378 g/mol. The SMILES string of the molecule is C#CCOc1ccc(C=C2NC(=S)N(c3ccc(OCC)cc3)C2=O)cc1. The molecular weight excluding hydrogens is 360 g/mol. The van der Waals surface area contributed by atoms with Crippen molar-refractivity contribution in [1.29, 1.82) is 0 Å². The van der Waals surface area contributed by atoms with Crippen LogP contribution in [0.2, 0.25) is 0 Å². The second-order valence-corrected chi connectivity index (χ2v) is 6.00. The minimum absolute atomic E-state index is 0.211. The second kappa shape index (κ2) is 8.39. The predicted molar refractivity (Wildman–Crippen MR) is 110 cm³/mol. The molecule has 0 atom stereocenters. The van der Waals surface area contributed by atoms with Crippen LogP contribution >= 0.6 is 12.2 Å². The van der Waals surface area contributed by atoms with Crippen molar-refractivity contribution in [3.63, 3.8) is 0 Å². The van der Waals surface area contributed by atoms with Gasteiger partial charge in [-0.1, -0.05) is 18.1 Å². The first-order valence-corrected chi connectivity index (χ1v) is 8.79. The van der Waals surface area contributed by atoms with Gasteiger partial charge < -0.3 is 14.8 Å². The van der Waals surface area contributed by atoms with E-state index in [1.165, 1.54) is 4.90 Å². The fourth-order valence-corrected chi connectivity index (χ4v) is 2.88. The van der Waals surface area contributed by atoms with Gasteiger partial charge in [0.05, 0.1) is 12.3 Å². The zero-order valence-electron chi connectivity index (χ0n) is 14.8. The predicted octanol–water partition coefficient (Wildman–Crippen LogP) is 3.36. The molecule has 0 aromatic heterocycles. The lowest BCUT2D eigenvalue weighted by Gasteiger charge is -2.14. The van der Waals surface area contributed by atoms with Crippen molar-refractivity contribution in [2.45, 2.75) is 6.92 Å². The third-order valence-electron chi connectivity index (χ3n) is 3.80. The summed E-state index contributed by atoms with van der Waals surface area (Å²) in [6.07, 6.45) is 6.92. The van der Waals surface area contributed by atoms with E-state index in [-0.39, 0.29) is 12.5 Å². The van der Waals surface area contributed by atoms with Crippen molar-refractivity contribution in [1.82, 2.24) is 5.32 Å². The molecule has 1 fully saturated rings. The Bertz CT molecular complexity index is 912. The van der Waals surface area contributed by atoms with Crippen LogP contribution in [0.4, 0.5) is 5.69 Å². The molecule has 5 nitrogen and oxygen atoms in total. The molecule has 0 radical (unpaired) electrons. The van der Waals surface area contributed by atoms with Crippen LogP contribution in [-0.4, -0.2) is 24.2 Å². The van der Waals surface area contributed by atoms with Gasteiger partial charge in [-0.25, -0.2) is 0 Å². The summed E-state index contributed by atoms with van der Waals surface area (Å²) in [5.74, 6) is 3.62. The molecule has 1 aliphatic heterocycles. The molecule has 27 heavy (non-hydrogen) atoms. The summed E-state index contributed by atoms with van der Waals surface area (Å²) >= 11 is 5.33. The number of nitrogens with one attached hydrogen (secondary N) is 1. The van der Waals surface area contributed by atoms with Gasteiger partial charge in [-0.2, -0.15) is 0 Å². The first-order valence-electron chi connectivity index (χ1n) is 8.38. The zero-order valence-corrected chi connectivity index (χ0v) is 15.6. The molecule has 1 heterocycles. The number of amides is 1. The summed E-state index contributed by atoms with van der Waals surface area (Å²) < 4.78 is 10.8. The average molecular weight is 378 g/mol. The van der Waals surface area contributed by atoms with Crippen molar-refractivity contribution in [2.24, 2.45) is 0 Å². The Morgan fingerprint density at radius 3 is 2.37 bits per heavy atom. The van der Waals surface area contributed by atoms with Crippen LogP contribution in [0.25, 0.3) is 6.08 Å². The number of anilines is 1. The van der Waals surface area contributed by atoms with Gasteiger partial charge in [-0.15, -0.1) is 6.42 Å². The second-order valence-electron chi connectivity index (χ2n) is 5.62. The summed E-state index contributed by atoms with van der Waals surface area (Å²) in [5, 5.41) is 3.31. The molecule has 0 bridgehead atoms. The summed E-state index contributed by atoms with van der Waals surface area (Å²) in [4.78, 5) is 14.2. The Balaban J connectivity index is 1.77. The first-order chi connectivity index (χ1) is 13.1. The van der Waals surface area contributed by atoms with E-state index in [4.69, 9.17) is 28.1 Å². The quantitative estimate of drug-likeness (QED) is 0.475. The van der Waals surface area contributed by atoms with Crippen LogP contribution in [-0.2, 0) is 4.79 Å². The molecule has 0 spiro atoms. The van der Waals surface area contributed by atoms with E-state index in [1.807, 2.05) is 31.2 Å². The Hall–Kier alpha value is -3.30. The van der Waals surface area contributed by atoms with Gasteiger partial charge in [0, 0.05) is 0 Å². The maximum Gasteiger partial charge on any atom is 0.281 e. The smallest absolute Gasteiger partial charge is 0.281 e. The maximum absolute atomic E-state index is 12.8. The summed E-state index contributed by atoms with van der Waals surface area (Å²) in [7, 11) is 0. The van der Waals surface area contributed by atoms with Gasteiger partial charge in [0.1, 0.15) is 23.8 Å². The largest absolute Gasteiger partial charge is 0.494 e. The van der Waals surface area contributed by atoms with Crippen LogP contribution in [0.15, 0.2) is 54.2 Å². The molecule has 0 aliphatic carbocycles. The Labute approximate surface area is 163 Å². The molecule has 6 heteroatoms. The lowest BCUT2D eigenvalue weighted by molar-refractivity contribution is -0.113. The van der Waals surface area contributed by atoms with Gasteiger partial charge in [0.15, 0.2) is 5.11 Å². The summed E-state index contributed by atoms with van der Waals surface area (Å²) in [5.41, 5.74) is 1.93. The molecular formula is C21H18N2O3S. The molecule has 3 rings (SSSR count). The van der Waals surface area contributed by atoms with Gasteiger partial charge in [0.2, 0.25) is 0 Å². The molecule has 2 aromatic rings. The van der Waals surface area contributed by atoms with Crippen LogP contribution in [0, 0.1) is 12.3 Å². The number of benzene rings is 2. The van der Waals surface area contributed by atoms with E-state index in [0.29, 0.717) is 28.9 Å². The van der Waals surface area contributed by atoms with Crippen LogP contribution in [0.1, 0.15) is 12.5 Å². The van der Waals surface area contributed by atoms with Crippen molar-refractivity contribution < 1.29 is 14.3 Å². The third kappa shape index (κ3) is 4.27. The van der Waals surface area contributed by atoms with Crippen LogP contribution in [0.5, 0.6) is 11.5 Å². The normalized spacial score (nSPS) is 14.8. The van der Waals surface area contributed by atoms with Gasteiger partial charge >= 0.3 is 0 Å². The summed E-state index contributed by atoms with van der Waals surface area (Å²) in [6, 6.07) is 14.5. The van der Waals surface area contributed by atoms with Crippen molar-refractivity contribution >= 4 is 35.0 Å². The fourth-order valence-electron chi connectivity index (χ4n) is 2.58. The van der Waals surface area contributed by atoms with Crippen LogP contribution in [0.3, 0.4) is 0 Å². The third-order valence-corrected chi connectivity index (χ3v) is 4.08. The highest BCUT2D eigenvalue weighted by molar-refractivity contribution is 7.80. The molecule has 0 saturated carbocycles. The highest BCUT2D eigenvalue weighted by atomic mass is 32.1. The van der Waals surface area contributed by atoms with Crippen molar-refractivity contribution in [3.8, 4) is 23.8 Å². The molecule has 136 valence electrons. The lowest BCUT2D eigenvalue weighted by atomic mass is 10.2. The highest BCUT2D eigenvalue weighted by Crippen LogP contribution is 2.25. The number of carbonyl (C=O) groups excluding carboxylic acids is 1. The van der Waals surface area contributed by atoms with Gasteiger partial charge in [-0.05, 0) is 67.2 Å². The number of ether oxygens (including phenoxy) is 2. The topological polar surface area (TPSA) is 50.8 Å². The van der Waals surface area contributed by atoms with Crippen LogP contribution < -0.4 is 19.7 Å². The van der Waals surface area contributed by atoms with E-state index in [2.05, 4.69) is 11.2 Å². The fraction of sp³-hybridized carbons (Fsp3) is 0.143. The Kier molecular flexibility index (Phi) is 5.74. The summed E-state index contributed by atoms with van der Waals surface area (Å²) in [6.45, 7) is 2.72. The number of hydrogen-bond acceptors (Lipinski definition) is 4. The molecule has 1 N–H and O–H groups in total. The molecule has 0 unspecified atom stereocenters. The Morgan fingerprint density at radius 2 is 1.74 bits per heavy atom. The van der Waals surface area contributed by atoms with E-state index in [9.17, 15) is 4.79 Å².